The molecule has 3 aromatic heterocycles. The maximum atomic E-state index is 12.2. The van der Waals surface area contributed by atoms with E-state index in [4.69, 9.17) is 4.52 Å². The van der Waals surface area contributed by atoms with Crippen molar-refractivity contribution >= 4 is 17.2 Å². The van der Waals surface area contributed by atoms with E-state index in [-0.39, 0.29) is 5.91 Å². The molecule has 1 amide bonds. The molecule has 1 N–H and O–H groups in total. The molecule has 8 heteroatoms. The minimum atomic E-state index is -0.0452. The van der Waals surface area contributed by atoms with Crippen molar-refractivity contribution in [2.75, 3.05) is 0 Å². The molecule has 0 fully saturated rings. The summed E-state index contributed by atoms with van der Waals surface area (Å²) in [5.41, 5.74) is 3.16. The van der Waals surface area contributed by atoms with E-state index in [1.807, 2.05) is 42.1 Å². The number of benzene rings is 1. The van der Waals surface area contributed by atoms with Gasteiger partial charge in [0.25, 0.3) is 0 Å². The highest BCUT2D eigenvalue weighted by Crippen LogP contribution is 2.19. The summed E-state index contributed by atoms with van der Waals surface area (Å²) < 4.78 is 7.32. The Kier molecular flexibility index (Phi) is 5.81. The second kappa shape index (κ2) is 8.83. The number of nitrogens with one attached hydrogen (secondary N) is 1. The summed E-state index contributed by atoms with van der Waals surface area (Å²) in [7, 11) is 0. The number of aryl methyl sites for hydroxylation is 2. The molecular formula is C21H21N5O2S. The van der Waals surface area contributed by atoms with Crippen LogP contribution < -0.4 is 5.32 Å². The van der Waals surface area contributed by atoms with Gasteiger partial charge in [0.05, 0.1) is 0 Å². The standard InChI is InChI=1S/C21H21N5O2S/c1-15-22-8-9-26(15)13-17-4-2-3-16(11-17)12-23-19(27)5-6-20-24-21(25-28-20)18-7-10-29-14-18/h2-4,7-11,14H,5-6,12-13H2,1H3,(H,23,27). The third-order valence-corrected chi connectivity index (χ3v) is 5.25. The van der Waals surface area contributed by atoms with Crippen molar-refractivity contribution < 1.29 is 9.32 Å². The number of hydrogen-bond donors (Lipinski definition) is 1. The largest absolute Gasteiger partial charge is 0.352 e. The molecule has 0 aliphatic heterocycles. The first-order valence-corrected chi connectivity index (χ1v) is 10.3. The van der Waals surface area contributed by atoms with E-state index in [1.165, 1.54) is 5.56 Å². The molecule has 0 bridgehead atoms. The summed E-state index contributed by atoms with van der Waals surface area (Å²) in [6.07, 6.45) is 4.49. The molecule has 0 aliphatic carbocycles. The monoisotopic (exact) mass is 407 g/mol. The van der Waals surface area contributed by atoms with E-state index < -0.39 is 0 Å². The van der Waals surface area contributed by atoms with Gasteiger partial charge in [-0.15, -0.1) is 0 Å². The number of nitrogens with zero attached hydrogens (tertiary/aromatic N) is 4. The van der Waals surface area contributed by atoms with Gasteiger partial charge in [-0.2, -0.15) is 16.3 Å². The van der Waals surface area contributed by atoms with E-state index >= 15 is 0 Å². The molecule has 0 unspecified atom stereocenters. The van der Waals surface area contributed by atoms with Gasteiger partial charge in [-0.25, -0.2) is 4.98 Å². The fourth-order valence-corrected chi connectivity index (χ4v) is 3.61. The van der Waals surface area contributed by atoms with Crippen LogP contribution in [0.2, 0.25) is 0 Å². The maximum absolute atomic E-state index is 12.2. The van der Waals surface area contributed by atoms with Crippen LogP contribution in [-0.4, -0.2) is 25.6 Å². The normalized spacial score (nSPS) is 10.9. The number of carbonyl (C=O) groups is 1. The molecule has 0 atom stereocenters. The molecule has 1 aromatic carbocycles. The van der Waals surface area contributed by atoms with Gasteiger partial charge >= 0.3 is 0 Å². The second-order valence-electron chi connectivity index (χ2n) is 6.72. The van der Waals surface area contributed by atoms with Crippen molar-refractivity contribution in [3.63, 3.8) is 0 Å². The van der Waals surface area contributed by atoms with Gasteiger partial charge in [0.15, 0.2) is 0 Å². The Morgan fingerprint density at radius 2 is 2.17 bits per heavy atom. The van der Waals surface area contributed by atoms with Gasteiger partial charge in [0.1, 0.15) is 5.82 Å². The minimum absolute atomic E-state index is 0.0452. The van der Waals surface area contributed by atoms with Gasteiger partial charge in [-0.3, -0.25) is 4.79 Å². The van der Waals surface area contributed by atoms with Crippen LogP contribution in [0.15, 0.2) is 58.0 Å². The number of hydrogen-bond acceptors (Lipinski definition) is 6. The van der Waals surface area contributed by atoms with Gasteiger partial charge in [-0.1, -0.05) is 29.4 Å². The van der Waals surface area contributed by atoms with Crippen LogP contribution >= 0.6 is 11.3 Å². The lowest BCUT2D eigenvalue weighted by Crippen LogP contribution is -2.23. The van der Waals surface area contributed by atoms with Gasteiger partial charge < -0.3 is 14.4 Å². The first kappa shape index (κ1) is 19.1. The van der Waals surface area contributed by atoms with Crippen LogP contribution in [0.1, 0.15) is 29.3 Å². The molecule has 0 radical (unpaired) electrons. The van der Waals surface area contributed by atoms with Gasteiger partial charge in [-0.05, 0) is 29.5 Å². The summed E-state index contributed by atoms with van der Waals surface area (Å²) in [4.78, 5) is 20.8. The predicted molar refractivity (Wildman–Crippen MR) is 110 cm³/mol. The Morgan fingerprint density at radius 3 is 2.97 bits per heavy atom. The average Bonchev–Trinajstić information content (AvgIpc) is 3.48. The summed E-state index contributed by atoms with van der Waals surface area (Å²) >= 11 is 1.58. The number of amides is 1. The molecule has 7 nitrogen and oxygen atoms in total. The summed E-state index contributed by atoms with van der Waals surface area (Å²) in [5.74, 6) is 1.97. The average molecular weight is 407 g/mol. The van der Waals surface area contributed by atoms with Gasteiger partial charge in [0.2, 0.25) is 17.6 Å². The fourth-order valence-electron chi connectivity index (χ4n) is 2.98. The van der Waals surface area contributed by atoms with E-state index in [2.05, 4.69) is 37.1 Å². The Balaban J connectivity index is 1.26. The Bertz CT molecular complexity index is 1080. The molecule has 0 spiro atoms. The SMILES string of the molecule is Cc1nccn1Cc1cccc(CNC(=O)CCc2nc(-c3ccsc3)no2)c1. The number of imidazole rings is 1. The molecule has 29 heavy (non-hydrogen) atoms. The van der Waals surface area contributed by atoms with Crippen molar-refractivity contribution in [1.82, 2.24) is 25.0 Å². The van der Waals surface area contributed by atoms with Crippen molar-refractivity contribution in [1.29, 1.82) is 0 Å². The predicted octanol–water partition coefficient (Wildman–Crippen LogP) is 3.60. The zero-order valence-corrected chi connectivity index (χ0v) is 16.9. The Labute approximate surface area is 172 Å². The molecule has 0 saturated heterocycles. The molecule has 0 saturated carbocycles. The van der Waals surface area contributed by atoms with E-state index in [0.29, 0.717) is 31.1 Å². The number of rotatable bonds is 8. The van der Waals surface area contributed by atoms with E-state index in [0.717, 1.165) is 23.5 Å². The fraction of sp³-hybridized carbons (Fsp3) is 0.238. The number of aromatic nitrogens is 4. The summed E-state index contributed by atoms with van der Waals surface area (Å²) in [5, 5.41) is 10.8. The number of carbonyl (C=O) groups excluding carboxylic acids is 1. The van der Waals surface area contributed by atoms with Crippen molar-refractivity contribution in [2.45, 2.75) is 32.9 Å². The third kappa shape index (κ3) is 4.97. The molecular weight excluding hydrogens is 386 g/mol. The third-order valence-electron chi connectivity index (χ3n) is 4.57. The Morgan fingerprint density at radius 1 is 1.28 bits per heavy atom. The lowest BCUT2D eigenvalue weighted by Gasteiger charge is -2.09. The van der Waals surface area contributed by atoms with Crippen LogP contribution in [0.25, 0.3) is 11.4 Å². The van der Waals surface area contributed by atoms with Crippen LogP contribution in [0, 0.1) is 6.92 Å². The van der Waals surface area contributed by atoms with Gasteiger partial charge in [0, 0.05) is 49.3 Å². The first-order valence-electron chi connectivity index (χ1n) is 9.35. The molecule has 4 aromatic rings. The smallest absolute Gasteiger partial charge is 0.227 e. The van der Waals surface area contributed by atoms with Crippen LogP contribution in [0.3, 0.4) is 0 Å². The highest BCUT2D eigenvalue weighted by atomic mass is 32.1. The summed E-state index contributed by atoms with van der Waals surface area (Å²) in [6.45, 7) is 3.23. The van der Waals surface area contributed by atoms with E-state index in [1.54, 1.807) is 17.5 Å². The quantitative estimate of drug-likeness (QED) is 0.482. The molecule has 4 rings (SSSR count). The van der Waals surface area contributed by atoms with Crippen LogP contribution in [-0.2, 0) is 24.3 Å². The highest BCUT2D eigenvalue weighted by Gasteiger charge is 2.11. The molecule has 0 aliphatic rings. The topological polar surface area (TPSA) is 85.8 Å². The molecule has 3 heterocycles. The van der Waals surface area contributed by atoms with Crippen LogP contribution in [0.5, 0.6) is 0 Å². The lowest BCUT2D eigenvalue weighted by atomic mass is 10.1. The zero-order valence-electron chi connectivity index (χ0n) is 16.0. The maximum Gasteiger partial charge on any atom is 0.227 e. The zero-order chi connectivity index (χ0) is 20.1. The van der Waals surface area contributed by atoms with Crippen molar-refractivity contribution in [3.05, 3.63) is 76.3 Å². The second-order valence-corrected chi connectivity index (χ2v) is 7.50. The first-order chi connectivity index (χ1) is 14.2. The minimum Gasteiger partial charge on any atom is -0.352 e. The number of thiophene rings is 1. The van der Waals surface area contributed by atoms with Crippen molar-refractivity contribution in [3.8, 4) is 11.4 Å². The van der Waals surface area contributed by atoms with Crippen molar-refractivity contribution in [2.24, 2.45) is 0 Å². The summed E-state index contributed by atoms with van der Waals surface area (Å²) in [6, 6.07) is 10.1. The highest BCUT2D eigenvalue weighted by molar-refractivity contribution is 7.08. The molecule has 148 valence electrons. The lowest BCUT2D eigenvalue weighted by molar-refractivity contribution is -0.121. The Hall–Kier alpha value is -3.26. The van der Waals surface area contributed by atoms with Crippen LogP contribution in [0.4, 0.5) is 0 Å². The van der Waals surface area contributed by atoms with E-state index in [9.17, 15) is 4.79 Å².